The third-order valence-corrected chi connectivity index (χ3v) is 4.32. The standard InChI is InChI=1S/C19H24N4O3/c1-3-17-22-23-18(26-17)14-9-10-16(25-2)15(11-14)21-19(24)20-12-13-7-5-4-6-8-13/h7,9-11H,3-6,8,12H2,1-2H3,(H2,20,21,24). The minimum absolute atomic E-state index is 0.272. The van der Waals surface area contributed by atoms with Gasteiger partial charge in [0.25, 0.3) is 0 Å². The van der Waals surface area contributed by atoms with Crippen molar-refractivity contribution < 1.29 is 13.9 Å². The van der Waals surface area contributed by atoms with Crippen LogP contribution in [0.3, 0.4) is 0 Å². The molecule has 0 fully saturated rings. The van der Waals surface area contributed by atoms with Crippen molar-refractivity contribution in [2.75, 3.05) is 19.0 Å². The van der Waals surface area contributed by atoms with Crippen LogP contribution in [-0.4, -0.2) is 29.9 Å². The summed E-state index contributed by atoms with van der Waals surface area (Å²) in [6.45, 7) is 2.52. The summed E-state index contributed by atoms with van der Waals surface area (Å²) in [6, 6.07) is 5.09. The van der Waals surface area contributed by atoms with E-state index in [9.17, 15) is 4.79 Å². The summed E-state index contributed by atoms with van der Waals surface area (Å²) in [5, 5.41) is 13.7. The van der Waals surface area contributed by atoms with E-state index in [0.29, 0.717) is 36.2 Å². The molecule has 7 nitrogen and oxygen atoms in total. The molecule has 7 heteroatoms. The molecule has 1 aromatic carbocycles. The third kappa shape index (κ3) is 4.41. The van der Waals surface area contributed by atoms with E-state index in [1.807, 2.05) is 13.0 Å². The van der Waals surface area contributed by atoms with Crippen LogP contribution in [-0.2, 0) is 6.42 Å². The molecule has 0 unspecified atom stereocenters. The summed E-state index contributed by atoms with van der Waals surface area (Å²) in [4.78, 5) is 12.3. The Morgan fingerprint density at radius 2 is 2.19 bits per heavy atom. The van der Waals surface area contributed by atoms with Crippen molar-refractivity contribution in [3.8, 4) is 17.2 Å². The number of carbonyl (C=O) groups excluding carboxylic acids is 1. The first-order chi connectivity index (χ1) is 12.7. The highest BCUT2D eigenvalue weighted by atomic mass is 16.5. The summed E-state index contributed by atoms with van der Waals surface area (Å²) >= 11 is 0. The predicted octanol–water partition coefficient (Wildman–Crippen LogP) is 3.93. The first-order valence-corrected chi connectivity index (χ1v) is 8.93. The molecule has 1 heterocycles. The molecule has 1 aliphatic carbocycles. The number of nitrogens with one attached hydrogen (secondary N) is 2. The maximum Gasteiger partial charge on any atom is 0.319 e. The summed E-state index contributed by atoms with van der Waals surface area (Å²) in [6.07, 6.45) is 7.46. The number of aromatic nitrogens is 2. The van der Waals surface area contributed by atoms with E-state index >= 15 is 0 Å². The van der Waals surface area contributed by atoms with Gasteiger partial charge in [-0.15, -0.1) is 10.2 Å². The molecular weight excluding hydrogens is 332 g/mol. The maximum atomic E-state index is 12.3. The summed E-state index contributed by atoms with van der Waals surface area (Å²) in [5.74, 6) is 1.56. The van der Waals surface area contributed by atoms with Crippen LogP contribution in [0.1, 0.15) is 38.5 Å². The zero-order valence-corrected chi connectivity index (χ0v) is 15.2. The fourth-order valence-corrected chi connectivity index (χ4v) is 2.88. The Kier molecular flexibility index (Phi) is 5.88. The topological polar surface area (TPSA) is 89.3 Å². The smallest absolute Gasteiger partial charge is 0.319 e. The Morgan fingerprint density at radius 1 is 1.31 bits per heavy atom. The number of hydrogen-bond acceptors (Lipinski definition) is 5. The van der Waals surface area contributed by atoms with Crippen molar-refractivity contribution in [2.24, 2.45) is 0 Å². The number of hydrogen-bond donors (Lipinski definition) is 2. The molecule has 0 radical (unpaired) electrons. The Labute approximate surface area is 152 Å². The minimum Gasteiger partial charge on any atom is -0.495 e. The van der Waals surface area contributed by atoms with Crippen molar-refractivity contribution in [3.63, 3.8) is 0 Å². The van der Waals surface area contributed by atoms with Gasteiger partial charge >= 0.3 is 6.03 Å². The highest BCUT2D eigenvalue weighted by Crippen LogP contribution is 2.30. The van der Waals surface area contributed by atoms with Crippen LogP contribution in [0.2, 0.25) is 0 Å². The van der Waals surface area contributed by atoms with Gasteiger partial charge in [0.05, 0.1) is 12.8 Å². The van der Waals surface area contributed by atoms with Crippen LogP contribution in [0.5, 0.6) is 5.75 Å². The van der Waals surface area contributed by atoms with Gasteiger partial charge in [0.15, 0.2) is 0 Å². The molecule has 138 valence electrons. The van der Waals surface area contributed by atoms with E-state index in [0.717, 1.165) is 18.4 Å². The fourth-order valence-electron chi connectivity index (χ4n) is 2.88. The molecule has 1 aromatic heterocycles. The fraction of sp³-hybridized carbons (Fsp3) is 0.421. The monoisotopic (exact) mass is 356 g/mol. The zero-order chi connectivity index (χ0) is 18.4. The molecule has 0 saturated heterocycles. The van der Waals surface area contributed by atoms with Crippen molar-refractivity contribution >= 4 is 11.7 Å². The number of allylic oxidation sites excluding steroid dienone is 1. The highest BCUT2D eigenvalue weighted by molar-refractivity contribution is 5.92. The molecule has 3 rings (SSSR count). The molecule has 0 bridgehead atoms. The van der Waals surface area contributed by atoms with E-state index in [1.54, 1.807) is 19.2 Å². The zero-order valence-electron chi connectivity index (χ0n) is 15.2. The van der Waals surface area contributed by atoms with E-state index < -0.39 is 0 Å². The van der Waals surface area contributed by atoms with E-state index in [4.69, 9.17) is 9.15 Å². The third-order valence-electron chi connectivity index (χ3n) is 4.32. The normalized spacial score (nSPS) is 13.8. The summed E-state index contributed by atoms with van der Waals surface area (Å²) in [5.41, 5.74) is 2.56. The molecule has 26 heavy (non-hydrogen) atoms. The number of amides is 2. The average molecular weight is 356 g/mol. The van der Waals surface area contributed by atoms with Gasteiger partial charge in [0, 0.05) is 18.5 Å². The van der Waals surface area contributed by atoms with Crippen LogP contribution >= 0.6 is 0 Å². The van der Waals surface area contributed by atoms with Gasteiger partial charge in [-0.3, -0.25) is 0 Å². The van der Waals surface area contributed by atoms with Gasteiger partial charge in [0.1, 0.15) is 5.75 Å². The van der Waals surface area contributed by atoms with Gasteiger partial charge in [-0.05, 0) is 43.9 Å². The highest BCUT2D eigenvalue weighted by Gasteiger charge is 2.13. The molecule has 0 aliphatic heterocycles. The Balaban J connectivity index is 1.69. The molecule has 0 saturated carbocycles. The Hall–Kier alpha value is -2.83. The second-order valence-corrected chi connectivity index (χ2v) is 6.19. The average Bonchev–Trinajstić information content (AvgIpc) is 3.16. The quantitative estimate of drug-likeness (QED) is 0.766. The first kappa shape index (κ1) is 18.0. The SMILES string of the molecule is CCc1nnc(-c2ccc(OC)c(NC(=O)NCC3=CCCCC3)c2)o1. The van der Waals surface area contributed by atoms with Gasteiger partial charge in [-0.1, -0.05) is 18.6 Å². The molecule has 2 amide bonds. The lowest BCUT2D eigenvalue weighted by molar-refractivity contribution is 0.252. The number of methoxy groups -OCH3 is 1. The number of carbonyl (C=O) groups is 1. The summed E-state index contributed by atoms with van der Waals surface area (Å²) in [7, 11) is 1.56. The van der Waals surface area contributed by atoms with Crippen LogP contribution in [0, 0.1) is 0 Å². The largest absolute Gasteiger partial charge is 0.495 e. The molecule has 0 atom stereocenters. The first-order valence-electron chi connectivity index (χ1n) is 8.93. The van der Waals surface area contributed by atoms with Gasteiger partial charge in [-0.2, -0.15) is 0 Å². The molecular formula is C19H24N4O3. The molecule has 2 N–H and O–H groups in total. The predicted molar refractivity (Wildman–Crippen MR) is 99.2 cm³/mol. The molecule has 1 aliphatic rings. The molecule has 0 spiro atoms. The number of urea groups is 1. The van der Waals surface area contributed by atoms with E-state index in [1.165, 1.54) is 18.4 Å². The molecule has 2 aromatic rings. The lowest BCUT2D eigenvalue weighted by atomic mass is 10.00. The van der Waals surface area contributed by atoms with Gasteiger partial charge < -0.3 is 19.8 Å². The van der Waals surface area contributed by atoms with Crippen LogP contribution in [0.15, 0.2) is 34.3 Å². The number of aryl methyl sites for hydroxylation is 1. The van der Waals surface area contributed by atoms with Crippen molar-refractivity contribution in [1.29, 1.82) is 0 Å². The number of rotatable bonds is 6. The second kappa shape index (κ2) is 8.51. The Morgan fingerprint density at radius 3 is 2.88 bits per heavy atom. The number of benzene rings is 1. The van der Waals surface area contributed by atoms with Crippen LogP contribution in [0.4, 0.5) is 10.5 Å². The number of nitrogens with zero attached hydrogens (tertiary/aromatic N) is 2. The lowest BCUT2D eigenvalue weighted by Crippen LogP contribution is -2.30. The van der Waals surface area contributed by atoms with E-state index in [-0.39, 0.29) is 6.03 Å². The second-order valence-electron chi connectivity index (χ2n) is 6.19. The summed E-state index contributed by atoms with van der Waals surface area (Å²) < 4.78 is 10.9. The van der Waals surface area contributed by atoms with Crippen molar-refractivity contribution in [2.45, 2.75) is 39.0 Å². The lowest BCUT2D eigenvalue weighted by Gasteiger charge is -2.15. The van der Waals surface area contributed by atoms with Crippen molar-refractivity contribution in [1.82, 2.24) is 15.5 Å². The van der Waals surface area contributed by atoms with Crippen LogP contribution in [0.25, 0.3) is 11.5 Å². The minimum atomic E-state index is -0.272. The van der Waals surface area contributed by atoms with Crippen molar-refractivity contribution in [3.05, 3.63) is 35.7 Å². The number of anilines is 1. The van der Waals surface area contributed by atoms with E-state index in [2.05, 4.69) is 26.9 Å². The maximum absolute atomic E-state index is 12.3. The number of ether oxygens (including phenoxy) is 1. The van der Waals surface area contributed by atoms with Gasteiger partial charge in [0.2, 0.25) is 11.8 Å². The van der Waals surface area contributed by atoms with Gasteiger partial charge in [-0.25, -0.2) is 4.79 Å². The van der Waals surface area contributed by atoms with Crippen LogP contribution < -0.4 is 15.4 Å². The Bertz CT molecular complexity index is 798.